The van der Waals surface area contributed by atoms with Gasteiger partial charge in [0.25, 0.3) is 0 Å². The van der Waals surface area contributed by atoms with Crippen LogP contribution in [-0.2, 0) is 19.5 Å². The minimum absolute atomic E-state index is 0.713. The van der Waals surface area contributed by atoms with E-state index in [2.05, 4.69) is 72.5 Å². The third-order valence-electron chi connectivity index (χ3n) is 3.67. The molecule has 21 heavy (non-hydrogen) atoms. The highest BCUT2D eigenvalue weighted by atomic mass is 14.9. The summed E-state index contributed by atoms with van der Waals surface area (Å²) in [4.78, 5) is 0. The average molecular weight is 284 g/mol. The number of hydrogen-bond acceptors (Lipinski definition) is 1. The standard InChI is InChI=1S/C19H28N2/c1-17(2)14-20-15-19-11-13-21(16-19)12-7-6-10-18-8-4-3-5-9-18/h3-5,8-9,11,13,16-17,20H,6-7,10,12,14-15H2,1-2H3. The monoisotopic (exact) mass is 284 g/mol. The fourth-order valence-corrected chi connectivity index (χ4v) is 2.51. The smallest absolute Gasteiger partial charge is 0.0220 e. The van der Waals surface area contributed by atoms with Gasteiger partial charge in [0.15, 0.2) is 0 Å². The summed E-state index contributed by atoms with van der Waals surface area (Å²) in [7, 11) is 0. The van der Waals surface area contributed by atoms with Crippen LogP contribution in [0.5, 0.6) is 0 Å². The van der Waals surface area contributed by atoms with Crippen LogP contribution in [0.25, 0.3) is 0 Å². The second-order valence-corrected chi connectivity index (χ2v) is 6.23. The van der Waals surface area contributed by atoms with Gasteiger partial charge in [0, 0.05) is 25.5 Å². The Balaban J connectivity index is 1.63. The summed E-state index contributed by atoms with van der Waals surface area (Å²) in [6.45, 7) is 7.67. The van der Waals surface area contributed by atoms with Crippen LogP contribution in [0.2, 0.25) is 0 Å². The molecule has 2 aromatic rings. The molecule has 1 N–H and O–H groups in total. The first kappa shape index (κ1) is 15.8. The van der Waals surface area contributed by atoms with Crippen molar-refractivity contribution >= 4 is 0 Å². The van der Waals surface area contributed by atoms with Crippen molar-refractivity contribution in [2.24, 2.45) is 5.92 Å². The summed E-state index contributed by atoms with van der Waals surface area (Å²) < 4.78 is 2.32. The number of aromatic nitrogens is 1. The Morgan fingerprint density at radius 1 is 1.00 bits per heavy atom. The van der Waals surface area contributed by atoms with Gasteiger partial charge in [-0.2, -0.15) is 0 Å². The third-order valence-corrected chi connectivity index (χ3v) is 3.67. The van der Waals surface area contributed by atoms with E-state index in [1.807, 2.05) is 0 Å². The second-order valence-electron chi connectivity index (χ2n) is 6.23. The maximum Gasteiger partial charge on any atom is 0.0220 e. The maximum absolute atomic E-state index is 3.49. The molecular weight excluding hydrogens is 256 g/mol. The van der Waals surface area contributed by atoms with Crippen LogP contribution in [-0.4, -0.2) is 11.1 Å². The summed E-state index contributed by atoms with van der Waals surface area (Å²) in [6, 6.07) is 13.0. The Kier molecular flexibility index (Phi) is 6.55. The molecule has 0 spiro atoms. The Bertz CT molecular complexity index is 499. The Labute approximate surface area is 129 Å². The van der Waals surface area contributed by atoms with Crippen LogP contribution < -0.4 is 5.32 Å². The molecule has 0 fully saturated rings. The van der Waals surface area contributed by atoms with Crippen molar-refractivity contribution in [2.75, 3.05) is 6.54 Å². The molecule has 0 aliphatic carbocycles. The Hall–Kier alpha value is -1.54. The predicted molar refractivity (Wildman–Crippen MR) is 90.4 cm³/mol. The minimum Gasteiger partial charge on any atom is -0.354 e. The molecule has 1 heterocycles. The molecule has 0 atom stereocenters. The van der Waals surface area contributed by atoms with Gasteiger partial charge in [0.2, 0.25) is 0 Å². The van der Waals surface area contributed by atoms with Gasteiger partial charge in [0.05, 0.1) is 0 Å². The lowest BCUT2D eigenvalue weighted by atomic mass is 10.1. The number of unbranched alkanes of at least 4 members (excludes halogenated alkanes) is 1. The average Bonchev–Trinajstić information content (AvgIpc) is 2.92. The predicted octanol–water partition coefficient (Wildman–Crippen LogP) is 4.26. The number of nitrogens with one attached hydrogen (secondary N) is 1. The SMILES string of the molecule is CC(C)CNCc1ccn(CCCCc2ccccc2)c1. The molecule has 0 aliphatic rings. The van der Waals surface area contributed by atoms with Gasteiger partial charge in [-0.25, -0.2) is 0 Å². The van der Waals surface area contributed by atoms with Gasteiger partial charge < -0.3 is 9.88 Å². The second kappa shape index (κ2) is 8.68. The highest BCUT2D eigenvalue weighted by Crippen LogP contribution is 2.07. The molecule has 1 aromatic heterocycles. The zero-order chi connectivity index (χ0) is 14.9. The molecule has 0 radical (unpaired) electrons. The van der Waals surface area contributed by atoms with Crippen molar-refractivity contribution in [1.82, 2.24) is 9.88 Å². The van der Waals surface area contributed by atoms with Gasteiger partial charge in [-0.3, -0.25) is 0 Å². The quantitative estimate of drug-likeness (QED) is 0.681. The number of benzene rings is 1. The lowest BCUT2D eigenvalue weighted by Gasteiger charge is -2.06. The molecule has 0 saturated heterocycles. The van der Waals surface area contributed by atoms with E-state index in [9.17, 15) is 0 Å². The van der Waals surface area contributed by atoms with E-state index in [0.717, 1.165) is 19.6 Å². The first-order valence-electron chi connectivity index (χ1n) is 8.13. The van der Waals surface area contributed by atoms with E-state index in [1.165, 1.54) is 30.4 Å². The van der Waals surface area contributed by atoms with Crippen molar-refractivity contribution in [1.29, 1.82) is 0 Å². The molecule has 0 unspecified atom stereocenters. The van der Waals surface area contributed by atoms with E-state index >= 15 is 0 Å². The van der Waals surface area contributed by atoms with Crippen LogP contribution in [0.4, 0.5) is 0 Å². The van der Waals surface area contributed by atoms with E-state index in [4.69, 9.17) is 0 Å². The highest BCUT2D eigenvalue weighted by Gasteiger charge is 1.99. The van der Waals surface area contributed by atoms with Crippen LogP contribution in [0.15, 0.2) is 48.8 Å². The molecule has 2 nitrogen and oxygen atoms in total. The van der Waals surface area contributed by atoms with E-state index < -0.39 is 0 Å². The molecule has 0 aliphatic heterocycles. The summed E-state index contributed by atoms with van der Waals surface area (Å²) in [6.07, 6.45) is 8.15. The van der Waals surface area contributed by atoms with E-state index in [0.29, 0.717) is 5.92 Å². The van der Waals surface area contributed by atoms with Gasteiger partial charge >= 0.3 is 0 Å². The first-order chi connectivity index (χ1) is 10.2. The highest BCUT2D eigenvalue weighted by molar-refractivity contribution is 5.14. The van der Waals surface area contributed by atoms with Gasteiger partial charge in [-0.05, 0) is 48.9 Å². The molecule has 114 valence electrons. The van der Waals surface area contributed by atoms with Crippen molar-refractivity contribution in [2.45, 2.75) is 46.2 Å². The Morgan fingerprint density at radius 2 is 1.81 bits per heavy atom. The van der Waals surface area contributed by atoms with E-state index in [1.54, 1.807) is 0 Å². The lowest BCUT2D eigenvalue weighted by molar-refractivity contribution is 0.551. The minimum atomic E-state index is 0.713. The van der Waals surface area contributed by atoms with Gasteiger partial charge in [0.1, 0.15) is 0 Å². The molecule has 0 amide bonds. The number of nitrogens with zero attached hydrogens (tertiary/aromatic N) is 1. The fourth-order valence-electron chi connectivity index (χ4n) is 2.51. The fraction of sp³-hybridized carbons (Fsp3) is 0.474. The topological polar surface area (TPSA) is 17.0 Å². The molecule has 1 aromatic carbocycles. The number of hydrogen-bond donors (Lipinski definition) is 1. The van der Waals surface area contributed by atoms with Crippen LogP contribution >= 0.6 is 0 Å². The summed E-state index contributed by atoms with van der Waals surface area (Å²) in [5, 5.41) is 3.49. The summed E-state index contributed by atoms with van der Waals surface area (Å²) in [5.41, 5.74) is 2.84. The van der Waals surface area contributed by atoms with E-state index in [-0.39, 0.29) is 0 Å². The number of aryl methyl sites for hydroxylation is 2. The van der Waals surface area contributed by atoms with Crippen molar-refractivity contribution < 1.29 is 0 Å². The zero-order valence-corrected chi connectivity index (χ0v) is 13.4. The van der Waals surface area contributed by atoms with Crippen LogP contribution in [0.1, 0.15) is 37.8 Å². The largest absolute Gasteiger partial charge is 0.354 e. The molecule has 0 bridgehead atoms. The van der Waals surface area contributed by atoms with Crippen molar-refractivity contribution in [3.8, 4) is 0 Å². The molecule has 2 heteroatoms. The lowest BCUT2D eigenvalue weighted by Crippen LogP contribution is -2.18. The van der Waals surface area contributed by atoms with Crippen molar-refractivity contribution in [3.63, 3.8) is 0 Å². The molecule has 0 saturated carbocycles. The van der Waals surface area contributed by atoms with Crippen molar-refractivity contribution in [3.05, 3.63) is 59.9 Å². The van der Waals surface area contributed by atoms with Gasteiger partial charge in [-0.15, -0.1) is 0 Å². The van der Waals surface area contributed by atoms with Crippen LogP contribution in [0.3, 0.4) is 0 Å². The normalized spacial score (nSPS) is 11.2. The number of rotatable bonds is 9. The molecule has 2 rings (SSSR count). The van der Waals surface area contributed by atoms with Gasteiger partial charge in [-0.1, -0.05) is 44.2 Å². The summed E-state index contributed by atoms with van der Waals surface area (Å²) in [5.74, 6) is 0.713. The maximum atomic E-state index is 3.49. The Morgan fingerprint density at radius 3 is 2.57 bits per heavy atom. The zero-order valence-electron chi connectivity index (χ0n) is 13.4. The summed E-state index contributed by atoms with van der Waals surface area (Å²) >= 11 is 0. The van der Waals surface area contributed by atoms with Crippen LogP contribution in [0, 0.1) is 5.92 Å². The first-order valence-corrected chi connectivity index (χ1v) is 8.13. The molecular formula is C19H28N2. The third kappa shape index (κ3) is 6.17.